The normalized spacial score (nSPS) is 16.4. The topological polar surface area (TPSA) is 61.9 Å². The van der Waals surface area contributed by atoms with Crippen molar-refractivity contribution in [1.82, 2.24) is 15.1 Å². The van der Waals surface area contributed by atoms with E-state index in [4.69, 9.17) is 4.74 Å². The Balaban J connectivity index is 2.00. The standard InChI is InChI=1S/C16H23N3O3/c1-12(13-6-4-5-7-14(13)22-3)18(2)11-16(21)19-9-8-17-15(20)10-19/h4-7,12H,8-11H2,1-3H3,(H,17,20)/t12-/m0/s1. The molecule has 0 radical (unpaired) electrons. The summed E-state index contributed by atoms with van der Waals surface area (Å²) < 4.78 is 5.38. The second kappa shape index (κ2) is 7.26. The molecule has 0 unspecified atom stereocenters. The van der Waals surface area contributed by atoms with Crippen LogP contribution < -0.4 is 10.1 Å². The van der Waals surface area contributed by atoms with E-state index >= 15 is 0 Å². The molecule has 1 atom stereocenters. The van der Waals surface area contributed by atoms with E-state index in [2.05, 4.69) is 5.32 Å². The first-order chi connectivity index (χ1) is 10.5. The highest BCUT2D eigenvalue weighted by Gasteiger charge is 2.24. The first kappa shape index (κ1) is 16.3. The maximum absolute atomic E-state index is 12.3. The third kappa shape index (κ3) is 3.76. The van der Waals surface area contributed by atoms with Crippen molar-refractivity contribution in [1.29, 1.82) is 0 Å². The maximum atomic E-state index is 12.3. The van der Waals surface area contributed by atoms with Crippen LogP contribution in [0.1, 0.15) is 18.5 Å². The van der Waals surface area contributed by atoms with Gasteiger partial charge < -0.3 is 15.0 Å². The molecule has 22 heavy (non-hydrogen) atoms. The summed E-state index contributed by atoms with van der Waals surface area (Å²) in [6.07, 6.45) is 0. The second-order valence-corrected chi connectivity index (χ2v) is 5.50. The summed E-state index contributed by atoms with van der Waals surface area (Å²) in [5, 5.41) is 2.72. The summed E-state index contributed by atoms with van der Waals surface area (Å²) in [4.78, 5) is 27.3. The van der Waals surface area contributed by atoms with E-state index in [-0.39, 0.29) is 30.9 Å². The molecule has 1 aromatic rings. The molecular formula is C16H23N3O3. The average molecular weight is 305 g/mol. The van der Waals surface area contributed by atoms with Crippen LogP contribution in [0.2, 0.25) is 0 Å². The molecule has 0 aromatic heterocycles. The third-order valence-corrected chi connectivity index (χ3v) is 4.03. The van der Waals surface area contributed by atoms with Gasteiger partial charge in [-0.1, -0.05) is 18.2 Å². The molecule has 120 valence electrons. The SMILES string of the molecule is COc1ccccc1[C@H](C)N(C)CC(=O)N1CCNC(=O)C1. The minimum Gasteiger partial charge on any atom is -0.496 e. The Bertz CT molecular complexity index is 547. The first-order valence-corrected chi connectivity index (χ1v) is 7.40. The average Bonchev–Trinajstić information content (AvgIpc) is 2.54. The Morgan fingerprint density at radius 2 is 2.18 bits per heavy atom. The molecule has 0 aliphatic carbocycles. The van der Waals surface area contributed by atoms with E-state index in [1.165, 1.54) is 0 Å². The largest absolute Gasteiger partial charge is 0.496 e. The number of piperazine rings is 1. The zero-order valence-electron chi connectivity index (χ0n) is 13.3. The Labute approximate surface area is 131 Å². The molecular weight excluding hydrogens is 282 g/mol. The molecule has 0 spiro atoms. The number of ether oxygens (including phenoxy) is 1. The number of carbonyl (C=O) groups is 2. The zero-order valence-corrected chi connectivity index (χ0v) is 13.3. The van der Waals surface area contributed by atoms with Crippen molar-refractivity contribution in [3.05, 3.63) is 29.8 Å². The summed E-state index contributed by atoms with van der Waals surface area (Å²) in [6.45, 7) is 3.55. The summed E-state index contributed by atoms with van der Waals surface area (Å²) >= 11 is 0. The van der Waals surface area contributed by atoms with Crippen molar-refractivity contribution >= 4 is 11.8 Å². The highest BCUT2D eigenvalue weighted by Crippen LogP contribution is 2.27. The lowest BCUT2D eigenvalue weighted by atomic mass is 10.1. The van der Waals surface area contributed by atoms with Gasteiger partial charge in [-0.2, -0.15) is 0 Å². The molecule has 1 N–H and O–H groups in total. The fourth-order valence-corrected chi connectivity index (χ4v) is 2.55. The van der Waals surface area contributed by atoms with E-state index in [1.54, 1.807) is 12.0 Å². The molecule has 1 aliphatic rings. The summed E-state index contributed by atoms with van der Waals surface area (Å²) in [6, 6.07) is 7.83. The van der Waals surface area contributed by atoms with Gasteiger partial charge in [0.25, 0.3) is 0 Å². The predicted molar refractivity (Wildman–Crippen MR) is 83.6 cm³/mol. The number of benzene rings is 1. The van der Waals surface area contributed by atoms with Crippen LogP contribution in [0, 0.1) is 0 Å². The first-order valence-electron chi connectivity index (χ1n) is 7.40. The fraction of sp³-hybridized carbons (Fsp3) is 0.500. The lowest BCUT2D eigenvalue weighted by Crippen LogP contribution is -2.52. The van der Waals surface area contributed by atoms with Crippen molar-refractivity contribution in [2.45, 2.75) is 13.0 Å². The van der Waals surface area contributed by atoms with Crippen molar-refractivity contribution in [2.24, 2.45) is 0 Å². The van der Waals surface area contributed by atoms with Crippen LogP contribution in [0.3, 0.4) is 0 Å². The van der Waals surface area contributed by atoms with Gasteiger partial charge in [0.1, 0.15) is 5.75 Å². The van der Waals surface area contributed by atoms with Crippen molar-refractivity contribution in [2.75, 3.05) is 40.3 Å². The van der Waals surface area contributed by atoms with Crippen LogP contribution in [0.25, 0.3) is 0 Å². The van der Waals surface area contributed by atoms with Gasteiger partial charge in [0, 0.05) is 24.7 Å². The van der Waals surface area contributed by atoms with Crippen LogP contribution >= 0.6 is 0 Å². The van der Waals surface area contributed by atoms with E-state index < -0.39 is 0 Å². The van der Waals surface area contributed by atoms with E-state index in [0.29, 0.717) is 13.1 Å². The summed E-state index contributed by atoms with van der Waals surface area (Å²) in [5.74, 6) is 0.686. The number of nitrogens with one attached hydrogen (secondary N) is 1. The molecule has 6 heteroatoms. The highest BCUT2D eigenvalue weighted by atomic mass is 16.5. The Kier molecular flexibility index (Phi) is 5.38. The number of amides is 2. The number of para-hydroxylation sites is 1. The van der Waals surface area contributed by atoms with Gasteiger partial charge in [-0.25, -0.2) is 0 Å². The molecule has 0 bridgehead atoms. The molecule has 1 aromatic carbocycles. The molecule has 1 saturated heterocycles. The molecule has 1 aliphatic heterocycles. The minimum absolute atomic E-state index is 0.0286. The Hall–Kier alpha value is -2.08. The van der Waals surface area contributed by atoms with Crippen molar-refractivity contribution in [3.8, 4) is 5.75 Å². The van der Waals surface area contributed by atoms with Crippen molar-refractivity contribution < 1.29 is 14.3 Å². The van der Waals surface area contributed by atoms with E-state index in [1.807, 2.05) is 43.1 Å². The molecule has 0 saturated carbocycles. The van der Waals surface area contributed by atoms with Gasteiger partial charge in [-0.05, 0) is 20.0 Å². The molecule has 2 amide bonds. The Morgan fingerprint density at radius 1 is 1.45 bits per heavy atom. The molecule has 1 heterocycles. The number of carbonyl (C=O) groups excluding carboxylic acids is 2. The van der Waals surface area contributed by atoms with Gasteiger partial charge in [0.15, 0.2) is 0 Å². The van der Waals surface area contributed by atoms with Gasteiger partial charge >= 0.3 is 0 Å². The van der Waals surface area contributed by atoms with Gasteiger partial charge in [0.2, 0.25) is 11.8 Å². The van der Waals surface area contributed by atoms with Crippen LogP contribution in [-0.2, 0) is 9.59 Å². The maximum Gasteiger partial charge on any atom is 0.239 e. The lowest BCUT2D eigenvalue weighted by Gasteiger charge is -2.31. The summed E-state index contributed by atoms with van der Waals surface area (Å²) in [5.41, 5.74) is 1.04. The third-order valence-electron chi connectivity index (χ3n) is 4.03. The molecule has 2 rings (SSSR count). The van der Waals surface area contributed by atoms with Gasteiger partial charge in [-0.3, -0.25) is 14.5 Å². The zero-order chi connectivity index (χ0) is 16.1. The Morgan fingerprint density at radius 3 is 2.86 bits per heavy atom. The predicted octanol–water partition coefficient (Wildman–Crippen LogP) is 0.646. The molecule has 6 nitrogen and oxygen atoms in total. The van der Waals surface area contributed by atoms with E-state index in [9.17, 15) is 9.59 Å². The quantitative estimate of drug-likeness (QED) is 0.867. The van der Waals surface area contributed by atoms with E-state index in [0.717, 1.165) is 11.3 Å². The van der Waals surface area contributed by atoms with Crippen LogP contribution in [-0.4, -0.2) is 62.0 Å². The number of hydrogen-bond acceptors (Lipinski definition) is 4. The van der Waals surface area contributed by atoms with Crippen molar-refractivity contribution in [3.63, 3.8) is 0 Å². The van der Waals surface area contributed by atoms with Gasteiger partial charge in [0.05, 0.1) is 20.2 Å². The number of rotatable bonds is 5. The van der Waals surface area contributed by atoms with Crippen LogP contribution in [0.15, 0.2) is 24.3 Å². The fourth-order valence-electron chi connectivity index (χ4n) is 2.55. The summed E-state index contributed by atoms with van der Waals surface area (Å²) in [7, 11) is 3.54. The smallest absolute Gasteiger partial charge is 0.239 e. The lowest BCUT2D eigenvalue weighted by molar-refractivity contribution is -0.139. The number of methoxy groups -OCH3 is 1. The molecule has 1 fully saturated rings. The highest BCUT2D eigenvalue weighted by molar-refractivity contribution is 5.86. The van der Waals surface area contributed by atoms with Crippen LogP contribution in [0.5, 0.6) is 5.75 Å². The monoisotopic (exact) mass is 305 g/mol. The van der Waals surface area contributed by atoms with Crippen LogP contribution in [0.4, 0.5) is 0 Å². The number of likely N-dealkylation sites (N-methyl/N-ethyl adjacent to an activating group) is 1. The van der Waals surface area contributed by atoms with Gasteiger partial charge in [-0.15, -0.1) is 0 Å². The number of nitrogens with zero attached hydrogens (tertiary/aromatic N) is 2. The second-order valence-electron chi connectivity index (χ2n) is 5.50. The minimum atomic E-state index is -0.0972. The number of hydrogen-bond donors (Lipinski definition) is 1.